The highest BCUT2D eigenvalue weighted by Gasteiger charge is 2.15. The van der Waals surface area contributed by atoms with Crippen LogP contribution in [0.15, 0.2) is 66.7 Å². The van der Waals surface area contributed by atoms with Crippen molar-refractivity contribution in [1.29, 1.82) is 0 Å². The normalized spacial score (nSPS) is 10.4. The Bertz CT molecular complexity index is 1050. The van der Waals surface area contributed by atoms with Crippen molar-refractivity contribution in [2.75, 3.05) is 11.9 Å². The van der Waals surface area contributed by atoms with Gasteiger partial charge in [-0.2, -0.15) is 0 Å². The summed E-state index contributed by atoms with van der Waals surface area (Å²) in [6.45, 7) is 2.60. The number of carbonyl (C=O) groups is 1. The predicted molar refractivity (Wildman–Crippen MR) is 112 cm³/mol. The van der Waals surface area contributed by atoms with Crippen molar-refractivity contribution in [2.45, 2.75) is 13.5 Å². The van der Waals surface area contributed by atoms with Crippen LogP contribution >= 0.6 is 0 Å². The summed E-state index contributed by atoms with van der Waals surface area (Å²) in [5, 5.41) is 13.8. The van der Waals surface area contributed by atoms with Crippen molar-refractivity contribution >= 4 is 17.3 Å². The van der Waals surface area contributed by atoms with E-state index in [9.17, 15) is 14.9 Å². The molecule has 0 atom stereocenters. The zero-order valence-electron chi connectivity index (χ0n) is 15.9. The van der Waals surface area contributed by atoms with Crippen molar-refractivity contribution < 1.29 is 14.5 Å². The van der Waals surface area contributed by atoms with Crippen molar-refractivity contribution in [2.24, 2.45) is 5.73 Å². The van der Waals surface area contributed by atoms with Gasteiger partial charge in [-0.1, -0.05) is 30.3 Å². The smallest absolute Gasteiger partial charge is 0.271 e. The van der Waals surface area contributed by atoms with Gasteiger partial charge in [0.05, 0.1) is 17.2 Å². The Balaban J connectivity index is 1.90. The molecule has 0 spiro atoms. The van der Waals surface area contributed by atoms with Gasteiger partial charge in [-0.05, 0) is 47.9 Å². The predicted octanol–water partition coefficient (Wildman–Crippen LogP) is 4.37. The van der Waals surface area contributed by atoms with Gasteiger partial charge in [-0.3, -0.25) is 14.9 Å². The molecule has 0 aliphatic carbocycles. The number of rotatable bonds is 7. The minimum atomic E-state index is -0.517. The molecule has 1 amide bonds. The number of nitrogens with zero attached hydrogens (tertiary/aromatic N) is 1. The number of nitro benzene ring substituents is 1. The molecule has 148 valence electrons. The largest absolute Gasteiger partial charge is 0.492 e. The van der Waals surface area contributed by atoms with Crippen LogP contribution in [0, 0.1) is 10.1 Å². The summed E-state index contributed by atoms with van der Waals surface area (Å²) < 4.78 is 5.48. The van der Waals surface area contributed by atoms with Crippen LogP contribution < -0.4 is 15.8 Å². The lowest BCUT2D eigenvalue weighted by atomic mass is 10.0. The zero-order chi connectivity index (χ0) is 20.8. The molecule has 29 heavy (non-hydrogen) atoms. The van der Waals surface area contributed by atoms with E-state index in [0.717, 1.165) is 16.7 Å². The molecule has 3 N–H and O–H groups in total. The lowest BCUT2D eigenvalue weighted by Gasteiger charge is -2.12. The number of hydrogen-bond donors (Lipinski definition) is 2. The average Bonchev–Trinajstić information content (AvgIpc) is 2.75. The lowest BCUT2D eigenvalue weighted by molar-refractivity contribution is -0.384. The Labute approximate surface area is 168 Å². The highest BCUT2D eigenvalue weighted by molar-refractivity contribution is 6.05. The summed E-state index contributed by atoms with van der Waals surface area (Å²) in [6.07, 6.45) is 0. The molecule has 3 aromatic carbocycles. The fourth-order valence-electron chi connectivity index (χ4n) is 2.92. The molecule has 7 nitrogen and oxygen atoms in total. The maximum absolute atomic E-state index is 12.8. The Hall–Kier alpha value is -3.71. The summed E-state index contributed by atoms with van der Waals surface area (Å²) in [7, 11) is 0. The van der Waals surface area contributed by atoms with E-state index < -0.39 is 4.92 Å². The van der Waals surface area contributed by atoms with Crippen LogP contribution in [0.4, 0.5) is 11.4 Å². The SMILES string of the molecule is CCOc1ccc([N+](=O)[O-])cc1NC(=O)c1cccc(-c2cccc(CN)c2)c1. The van der Waals surface area contributed by atoms with E-state index in [0.29, 0.717) is 24.5 Å². The number of nitrogens with two attached hydrogens (primary N) is 1. The molecule has 0 heterocycles. The van der Waals surface area contributed by atoms with Crippen LogP contribution in [-0.4, -0.2) is 17.4 Å². The third kappa shape index (κ3) is 4.77. The van der Waals surface area contributed by atoms with Gasteiger partial charge in [0, 0.05) is 24.2 Å². The first kappa shape index (κ1) is 20.0. The van der Waals surface area contributed by atoms with Gasteiger partial charge in [0.25, 0.3) is 11.6 Å². The highest BCUT2D eigenvalue weighted by Crippen LogP contribution is 2.30. The Morgan fingerprint density at radius 3 is 2.48 bits per heavy atom. The molecule has 0 saturated heterocycles. The molecular weight excluding hydrogens is 370 g/mol. The van der Waals surface area contributed by atoms with E-state index in [1.807, 2.05) is 30.3 Å². The summed E-state index contributed by atoms with van der Waals surface area (Å²) in [4.78, 5) is 23.4. The second-order valence-corrected chi connectivity index (χ2v) is 6.31. The van der Waals surface area contributed by atoms with Gasteiger partial charge >= 0.3 is 0 Å². The zero-order valence-corrected chi connectivity index (χ0v) is 15.9. The first-order chi connectivity index (χ1) is 14.0. The molecule has 0 aliphatic heterocycles. The molecule has 0 fully saturated rings. The molecule has 0 aromatic heterocycles. The summed E-state index contributed by atoms with van der Waals surface area (Å²) in [5.41, 5.74) is 9.08. The second kappa shape index (κ2) is 8.99. The molecule has 3 aromatic rings. The van der Waals surface area contributed by atoms with Gasteiger partial charge in [0.2, 0.25) is 0 Å². The quantitative estimate of drug-likeness (QED) is 0.459. The van der Waals surface area contributed by atoms with Gasteiger partial charge in [-0.25, -0.2) is 0 Å². The van der Waals surface area contributed by atoms with Crippen LogP contribution in [0.3, 0.4) is 0 Å². The van der Waals surface area contributed by atoms with Gasteiger partial charge < -0.3 is 15.8 Å². The van der Waals surface area contributed by atoms with Crippen molar-refractivity contribution in [3.05, 3.63) is 88.0 Å². The Kier molecular flexibility index (Phi) is 6.21. The number of amides is 1. The van der Waals surface area contributed by atoms with Crippen LogP contribution in [0.1, 0.15) is 22.8 Å². The fraction of sp³-hybridized carbons (Fsp3) is 0.136. The summed E-state index contributed by atoms with van der Waals surface area (Å²) in [6, 6.07) is 19.0. The van der Waals surface area contributed by atoms with Crippen molar-refractivity contribution in [3.63, 3.8) is 0 Å². The van der Waals surface area contributed by atoms with E-state index >= 15 is 0 Å². The number of nitrogens with one attached hydrogen (secondary N) is 1. The third-order valence-electron chi connectivity index (χ3n) is 4.34. The minimum Gasteiger partial charge on any atom is -0.492 e. The molecular formula is C22H21N3O4. The maximum atomic E-state index is 12.8. The summed E-state index contributed by atoms with van der Waals surface area (Å²) >= 11 is 0. The number of benzene rings is 3. The molecule has 7 heteroatoms. The van der Waals surface area contributed by atoms with Gasteiger partial charge in [0.1, 0.15) is 5.75 Å². The number of carbonyl (C=O) groups excluding carboxylic acids is 1. The second-order valence-electron chi connectivity index (χ2n) is 6.31. The maximum Gasteiger partial charge on any atom is 0.271 e. The van der Waals surface area contributed by atoms with E-state index in [4.69, 9.17) is 10.5 Å². The fourth-order valence-corrected chi connectivity index (χ4v) is 2.92. The Morgan fingerprint density at radius 1 is 1.07 bits per heavy atom. The minimum absolute atomic E-state index is 0.129. The van der Waals surface area contributed by atoms with Gasteiger partial charge in [-0.15, -0.1) is 0 Å². The first-order valence-corrected chi connectivity index (χ1v) is 9.14. The lowest BCUT2D eigenvalue weighted by Crippen LogP contribution is -2.13. The van der Waals surface area contributed by atoms with Crippen LogP contribution in [-0.2, 0) is 6.54 Å². The number of hydrogen-bond acceptors (Lipinski definition) is 5. The Morgan fingerprint density at radius 2 is 1.79 bits per heavy atom. The number of ether oxygens (including phenoxy) is 1. The van der Waals surface area contributed by atoms with Crippen molar-refractivity contribution in [3.8, 4) is 16.9 Å². The molecule has 0 saturated carbocycles. The summed E-state index contributed by atoms with van der Waals surface area (Å²) in [5.74, 6) is -0.0125. The number of anilines is 1. The van der Waals surface area contributed by atoms with Crippen molar-refractivity contribution in [1.82, 2.24) is 0 Å². The monoisotopic (exact) mass is 391 g/mol. The molecule has 0 radical (unpaired) electrons. The molecule has 0 bridgehead atoms. The van der Waals surface area contributed by atoms with Crippen LogP contribution in [0.5, 0.6) is 5.75 Å². The van der Waals surface area contributed by atoms with E-state index in [-0.39, 0.29) is 17.3 Å². The van der Waals surface area contributed by atoms with Crippen LogP contribution in [0.25, 0.3) is 11.1 Å². The average molecular weight is 391 g/mol. The standard InChI is InChI=1S/C22H21N3O4/c1-2-29-21-10-9-19(25(27)28)13-20(21)24-22(26)18-8-4-7-17(12-18)16-6-3-5-15(11-16)14-23/h3-13H,2,14,23H2,1H3,(H,24,26). The molecule has 3 rings (SSSR count). The third-order valence-corrected chi connectivity index (χ3v) is 4.34. The van der Waals surface area contributed by atoms with Crippen LogP contribution in [0.2, 0.25) is 0 Å². The number of non-ortho nitro benzene ring substituents is 1. The van der Waals surface area contributed by atoms with E-state index in [1.54, 1.807) is 25.1 Å². The molecule has 0 unspecified atom stereocenters. The number of nitro groups is 1. The highest BCUT2D eigenvalue weighted by atomic mass is 16.6. The van der Waals surface area contributed by atoms with E-state index in [2.05, 4.69) is 5.32 Å². The molecule has 0 aliphatic rings. The van der Waals surface area contributed by atoms with E-state index in [1.165, 1.54) is 18.2 Å². The van der Waals surface area contributed by atoms with Gasteiger partial charge in [0.15, 0.2) is 0 Å². The first-order valence-electron chi connectivity index (χ1n) is 9.14. The topological polar surface area (TPSA) is 107 Å².